The second-order valence-electron chi connectivity index (χ2n) is 4.91. The Labute approximate surface area is 109 Å². The Morgan fingerprint density at radius 3 is 2.76 bits per heavy atom. The van der Waals surface area contributed by atoms with Crippen LogP contribution in [0.15, 0.2) is 18.2 Å². The van der Waals surface area contributed by atoms with Gasteiger partial charge in [0.05, 0.1) is 10.7 Å². The molecule has 1 heterocycles. The summed E-state index contributed by atoms with van der Waals surface area (Å²) in [5.41, 5.74) is 2.43. The van der Waals surface area contributed by atoms with Gasteiger partial charge in [-0.15, -0.1) is 0 Å². The van der Waals surface area contributed by atoms with Crippen molar-refractivity contribution < 1.29 is 0 Å². The lowest BCUT2D eigenvalue weighted by Gasteiger charge is -2.25. The van der Waals surface area contributed by atoms with Crippen LogP contribution in [0.1, 0.15) is 38.3 Å². The molecule has 0 aromatic heterocycles. The summed E-state index contributed by atoms with van der Waals surface area (Å²) in [6.07, 6.45) is 2.54. The minimum Gasteiger partial charge on any atom is -0.368 e. The molecule has 94 valence electrons. The number of nitrogens with one attached hydrogen (secondary N) is 1. The van der Waals surface area contributed by atoms with Crippen molar-refractivity contribution in [2.24, 2.45) is 0 Å². The van der Waals surface area contributed by atoms with Crippen molar-refractivity contribution in [2.45, 2.75) is 38.8 Å². The van der Waals surface area contributed by atoms with E-state index in [0.717, 1.165) is 11.6 Å². The smallest absolute Gasteiger partial charge is 0.0642 e. The monoisotopic (exact) mass is 252 g/mol. The van der Waals surface area contributed by atoms with Gasteiger partial charge >= 0.3 is 0 Å². The van der Waals surface area contributed by atoms with Crippen molar-refractivity contribution in [3.8, 4) is 0 Å². The number of rotatable bonds is 3. The van der Waals surface area contributed by atoms with Gasteiger partial charge in [0, 0.05) is 18.6 Å². The number of anilines is 1. The van der Waals surface area contributed by atoms with Gasteiger partial charge in [-0.2, -0.15) is 0 Å². The highest BCUT2D eigenvalue weighted by Crippen LogP contribution is 2.33. The van der Waals surface area contributed by atoms with E-state index in [4.69, 9.17) is 11.6 Å². The van der Waals surface area contributed by atoms with E-state index in [2.05, 4.69) is 42.3 Å². The average molecular weight is 253 g/mol. The van der Waals surface area contributed by atoms with Crippen molar-refractivity contribution in [2.75, 3.05) is 18.5 Å². The molecular weight excluding hydrogens is 232 g/mol. The summed E-state index contributed by atoms with van der Waals surface area (Å²) in [5.74, 6) is 0. The van der Waals surface area contributed by atoms with Crippen LogP contribution >= 0.6 is 11.6 Å². The van der Waals surface area contributed by atoms with E-state index < -0.39 is 0 Å². The van der Waals surface area contributed by atoms with Crippen molar-refractivity contribution in [3.63, 3.8) is 0 Å². The lowest BCUT2D eigenvalue weighted by atomic mass is 10.1. The number of benzene rings is 1. The third-order valence-corrected chi connectivity index (χ3v) is 4.07. The number of nitrogens with zero attached hydrogens (tertiary/aromatic N) is 1. The van der Waals surface area contributed by atoms with Crippen LogP contribution in [0.5, 0.6) is 0 Å². The number of hydrogen-bond donors (Lipinski definition) is 1. The SMILES string of the molecule is CNC(C)c1ccc(N2CCCC2C)c(Cl)c1. The van der Waals surface area contributed by atoms with Crippen LogP contribution in [0.3, 0.4) is 0 Å². The molecule has 2 atom stereocenters. The first-order valence-electron chi connectivity index (χ1n) is 6.37. The van der Waals surface area contributed by atoms with Crippen LogP contribution in [0, 0.1) is 0 Å². The molecule has 0 aliphatic carbocycles. The fourth-order valence-electron chi connectivity index (χ4n) is 2.48. The van der Waals surface area contributed by atoms with E-state index in [1.807, 2.05) is 7.05 Å². The predicted molar refractivity (Wildman–Crippen MR) is 75.0 cm³/mol. The van der Waals surface area contributed by atoms with Crippen molar-refractivity contribution >= 4 is 17.3 Å². The topological polar surface area (TPSA) is 15.3 Å². The maximum Gasteiger partial charge on any atom is 0.0642 e. The van der Waals surface area contributed by atoms with Crippen molar-refractivity contribution in [1.82, 2.24) is 5.32 Å². The van der Waals surface area contributed by atoms with Crippen molar-refractivity contribution in [1.29, 1.82) is 0 Å². The normalized spacial score (nSPS) is 21.9. The summed E-state index contributed by atoms with van der Waals surface area (Å²) in [5, 5.41) is 4.11. The number of halogens is 1. The van der Waals surface area contributed by atoms with Gasteiger partial charge < -0.3 is 10.2 Å². The molecule has 1 saturated heterocycles. The molecule has 0 spiro atoms. The first-order valence-corrected chi connectivity index (χ1v) is 6.74. The largest absolute Gasteiger partial charge is 0.368 e. The lowest BCUT2D eigenvalue weighted by molar-refractivity contribution is 0.652. The first kappa shape index (κ1) is 12.7. The molecule has 3 heteroatoms. The zero-order chi connectivity index (χ0) is 12.4. The standard InChI is InChI=1S/C14H21ClN2/c1-10-5-4-8-17(10)14-7-6-12(9-13(14)15)11(2)16-3/h6-7,9-11,16H,4-5,8H2,1-3H3. The molecule has 1 aliphatic heterocycles. The Morgan fingerprint density at radius 2 is 2.24 bits per heavy atom. The Morgan fingerprint density at radius 1 is 1.47 bits per heavy atom. The van der Waals surface area contributed by atoms with E-state index in [1.165, 1.54) is 24.1 Å². The van der Waals surface area contributed by atoms with Crippen LogP contribution in [0.2, 0.25) is 5.02 Å². The Hall–Kier alpha value is -0.730. The molecule has 0 bridgehead atoms. The van der Waals surface area contributed by atoms with Gasteiger partial charge in [0.15, 0.2) is 0 Å². The summed E-state index contributed by atoms with van der Waals surface area (Å²) in [7, 11) is 1.97. The first-order chi connectivity index (χ1) is 8.13. The van der Waals surface area contributed by atoms with Crippen LogP contribution in [0.25, 0.3) is 0 Å². The predicted octanol–water partition coefficient (Wildman–Crippen LogP) is 3.61. The van der Waals surface area contributed by atoms with E-state index in [-0.39, 0.29) is 0 Å². The van der Waals surface area contributed by atoms with Crippen LogP contribution in [0.4, 0.5) is 5.69 Å². The van der Waals surface area contributed by atoms with E-state index in [1.54, 1.807) is 0 Å². The highest BCUT2D eigenvalue weighted by molar-refractivity contribution is 6.33. The Kier molecular flexibility index (Phi) is 3.95. The van der Waals surface area contributed by atoms with Crippen molar-refractivity contribution in [3.05, 3.63) is 28.8 Å². The zero-order valence-corrected chi connectivity index (χ0v) is 11.6. The Balaban J connectivity index is 2.25. The van der Waals surface area contributed by atoms with Gasteiger partial charge in [0.25, 0.3) is 0 Å². The van der Waals surface area contributed by atoms with Gasteiger partial charge in [-0.05, 0) is 51.4 Å². The molecule has 2 rings (SSSR count). The lowest BCUT2D eigenvalue weighted by Crippen LogP contribution is -2.26. The fourth-order valence-corrected chi connectivity index (χ4v) is 2.78. The summed E-state index contributed by atoms with van der Waals surface area (Å²) in [6, 6.07) is 7.38. The number of hydrogen-bond acceptors (Lipinski definition) is 2. The molecule has 1 aromatic rings. The maximum atomic E-state index is 6.41. The molecular formula is C14H21ClN2. The van der Waals surface area contributed by atoms with E-state index in [0.29, 0.717) is 12.1 Å². The molecule has 2 unspecified atom stereocenters. The summed E-state index contributed by atoms with van der Waals surface area (Å²) >= 11 is 6.41. The summed E-state index contributed by atoms with van der Waals surface area (Å²) in [6.45, 7) is 5.54. The van der Waals surface area contributed by atoms with E-state index in [9.17, 15) is 0 Å². The van der Waals surface area contributed by atoms with Crippen LogP contribution in [-0.4, -0.2) is 19.6 Å². The highest BCUT2D eigenvalue weighted by atomic mass is 35.5. The average Bonchev–Trinajstić information content (AvgIpc) is 2.74. The summed E-state index contributed by atoms with van der Waals surface area (Å²) < 4.78 is 0. The van der Waals surface area contributed by atoms with Gasteiger partial charge in [0.2, 0.25) is 0 Å². The minimum absolute atomic E-state index is 0.345. The molecule has 1 fully saturated rings. The maximum absolute atomic E-state index is 6.41. The molecule has 1 aromatic carbocycles. The van der Waals surface area contributed by atoms with Gasteiger partial charge in [-0.1, -0.05) is 17.7 Å². The molecule has 1 aliphatic rings. The second-order valence-corrected chi connectivity index (χ2v) is 5.31. The van der Waals surface area contributed by atoms with Gasteiger partial charge in [-0.25, -0.2) is 0 Å². The zero-order valence-electron chi connectivity index (χ0n) is 10.8. The van der Waals surface area contributed by atoms with Crippen LogP contribution < -0.4 is 10.2 Å². The molecule has 2 nitrogen and oxygen atoms in total. The van der Waals surface area contributed by atoms with Crippen LogP contribution in [-0.2, 0) is 0 Å². The van der Waals surface area contributed by atoms with Gasteiger partial charge in [0.1, 0.15) is 0 Å². The highest BCUT2D eigenvalue weighted by Gasteiger charge is 2.22. The quantitative estimate of drug-likeness (QED) is 0.884. The molecule has 0 radical (unpaired) electrons. The molecule has 0 saturated carbocycles. The molecule has 0 amide bonds. The van der Waals surface area contributed by atoms with Gasteiger partial charge in [-0.3, -0.25) is 0 Å². The molecule has 17 heavy (non-hydrogen) atoms. The fraction of sp³-hybridized carbons (Fsp3) is 0.571. The summed E-state index contributed by atoms with van der Waals surface area (Å²) in [4.78, 5) is 2.41. The third-order valence-electron chi connectivity index (χ3n) is 3.77. The van der Waals surface area contributed by atoms with E-state index >= 15 is 0 Å². The molecule has 1 N–H and O–H groups in total. The Bertz CT molecular complexity index is 392. The third kappa shape index (κ3) is 2.58. The second kappa shape index (κ2) is 5.28. The minimum atomic E-state index is 0.345.